The molecule has 4 aliphatic carbocycles. The van der Waals surface area contributed by atoms with Crippen LogP contribution in [0.2, 0.25) is 0 Å². The third kappa shape index (κ3) is 21.3. The van der Waals surface area contributed by atoms with Crippen LogP contribution < -0.4 is 9.47 Å². The Morgan fingerprint density at radius 2 is 0.768 bits per heavy atom. The van der Waals surface area contributed by atoms with Crippen LogP contribution in [0.4, 0.5) is 0 Å². The topological polar surface area (TPSA) is 233 Å². The largest absolute Gasteiger partial charge is 0.467 e. The van der Waals surface area contributed by atoms with E-state index in [1.807, 2.05) is 0 Å². The lowest BCUT2D eigenvalue weighted by Gasteiger charge is -2.31. The summed E-state index contributed by atoms with van der Waals surface area (Å²) in [4.78, 5) is 105. The summed E-state index contributed by atoms with van der Waals surface area (Å²) in [6.07, 6.45) is 19.6. The number of unbranched alkanes of at least 4 members (excludes halogenated alkanes) is 6. The lowest BCUT2D eigenvalue weighted by atomic mass is 9.86. The molecule has 4 fully saturated rings. The predicted octanol–water partition coefficient (Wildman–Crippen LogP) is 11.0. The van der Waals surface area contributed by atoms with Gasteiger partial charge in [0.2, 0.25) is 0 Å². The number of hydrogen-bond acceptors (Lipinski definition) is 20. The minimum Gasteiger partial charge on any atom is -0.467 e. The van der Waals surface area contributed by atoms with Gasteiger partial charge in [-0.2, -0.15) is 0 Å². The van der Waals surface area contributed by atoms with Gasteiger partial charge in [-0.05, 0) is 153 Å². The number of esters is 8. The smallest absolute Gasteiger partial charge is 0.338 e. The van der Waals surface area contributed by atoms with Gasteiger partial charge in [-0.1, -0.05) is 56.1 Å². The number of hydrogen-bond donors (Lipinski definition) is 0. The number of benzene rings is 1. The first-order valence-corrected chi connectivity index (χ1v) is 30.7. The van der Waals surface area contributed by atoms with Gasteiger partial charge >= 0.3 is 47.8 Å². The molecule has 1 heterocycles. The van der Waals surface area contributed by atoms with Crippen molar-refractivity contribution in [3.05, 3.63) is 71.4 Å². The Bertz CT molecular complexity index is 2320. The fourth-order valence-corrected chi connectivity index (χ4v) is 13.1. The van der Waals surface area contributed by atoms with Crippen molar-refractivity contribution in [2.24, 2.45) is 23.7 Å². The van der Waals surface area contributed by atoms with Crippen LogP contribution in [-0.2, 0) is 76.3 Å². The molecule has 0 N–H and O–H groups in total. The molecule has 0 radical (unpaired) electrons. The second kappa shape index (κ2) is 35.2. The number of carbonyl (C=O) groups is 8. The minimum atomic E-state index is -0.967. The highest BCUT2D eigenvalue weighted by Crippen LogP contribution is 2.59. The molecule has 1 aromatic carbocycles. The van der Waals surface area contributed by atoms with Gasteiger partial charge in [0.1, 0.15) is 36.9 Å². The van der Waals surface area contributed by atoms with Gasteiger partial charge in [0.15, 0.2) is 0 Å². The van der Waals surface area contributed by atoms with E-state index in [0.717, 1.165) is 119 Å². The number of carbonyl (C=O) groups excluding carboxylic acids is 8. The molecule has 0 aromatic heterocycles. The Kier molecular flexibility index (Phi) is 28.0. The normalized spacial score (nSPS) is 23.0. The first-order valence-electron chi connectivity index (χ1n) is 29.1. The summed E-state index contributed by atoms with van der Waals surface area (Å²) in [5, 5.41) is 0. The van der Waals surface area contributed by atoms with Gasteiger partial charge in [-0.3, -0.25) is 24.0 Å². The molecular weight excluding hydrogens is 1100 g/mol. The van der Waals surface area contributed by atoms with Crippen molar-refractivity contribution in [3.63, 3.8) is 0 Å². The molecular formula is C61H79NO18S2. The Balaban J connectivity index is 0.955. The van der Waals surface area contributed by atoms with Crippen LogP contribution in [0.1, 0.15) is 154 Å². The van der Waals surface area contributed by atoms with Gasteiger partial charge < -0.3 is 47.4 Å². The summed E-state index contributed by atoms with van der Waals surface area (Å²) >= 11 is 2.01. The molecule has 1 aliphatic heterocycles. The van der Waals surface area contributed by atoms with Crippen LogP contribution in [-0.4, -0.2) is 112 Å². The van der Waals surface area contributed by atoms with E-state index < -0.39 is 47.7 Å². The van der Waals surface area contributed by atoms with Crippen molar-refractivity contribution in [3.8, 4) is 11.5 Å². The zero-order chi connectivity index (χ0) is 58.6. The molecule has 1 aromatic rings. The molecule has 0 unspecified atom stereocenters. The zero-order valence-corrected chi connectivity index (χ0v) is 48.6. The van der Waals surface area contributed by atoms with Gasteiger partial charge in [0.25, 0.3) is 5.70 Å². The number of fused-ring (bicyclic) bond motifs is 1. The second-order valence-electron chi connectivity index (χ2n) is 21.1. The Morgan fingerprint density at radius 3 is 1.13 bits per heavy atom. The predicted molar refractivity (Wildman–Crippen MR) is 301 cm³/mol. The molecule has 5 aliphatic rings. The van der Waals surface area contributed by atoms with Crippen LogP contribution in [0.25, 0.3) is 4.85 Å². The van der Waals surface area contributed by atoms with Crippen molar-refractivity contribution < 1.29 is 85.7 Å². The third-order valence-corrected chi connectivity index (χ3v) is 17.9. The monoisotopic (exact) mass is 1180 g/mol. The van der Waals surface area contributed by atoms with E-state index >= 15 is 0 Å². The fraction of sp³-hybridized carbons (Fsp3) is 0.623. The highest BCUT2D eigenvalue weighted by molar-refractivity contribution is 8.24. The van der Waals surface area contributed by atoms with Crippen molar-refractivity contribution in [1.82, 2.24) is 0 Å². The lowest BCUT2D eigenvalue weighted by molar-refractivity contribution is -0.160. The summed E-state index contributed by atoms with van der Waals surface area (Å²) in [5.41, 5.74) is -0.366. The first-order chi connectivity index (χ1) is 39.8. The molecule has 0 amide bonds. The number of nitrogens with zero attached hydrogens (tertiary/aromatic N) is 1. The molecule has 0 bridgehead atoms. The van der Waals surface area contributed by atoms with Crippen LogP contribution in [0, 0.1) is 30.2 Å². The SMILES string of the molecule is [C-]#[N+]C(C(=O)OCCOC(=O)C=C)=C1Sc2c(OC(=O)C3CCC(OC(=O)C4CCC(OCCCCCCOC(=O)C=C)CC4)CC3)ccc(OC(=O)C3CCC(OC(=O)C4CCC(OCCCCCCOC(=O)C=C)CC4)CC3)c2S1. The van der Waals surface area contributed by atoms with E-state index in [4.69, 9.17) is 53.9 Å². The molecule has 448 valence electrons. The lowest BCUT2D eigenvalue weighted by Crippen LogP contribution is -2.33. The van der Waals surface area contributed by atoms with E-state index in [1.165, 1.54) is 12.1 Å². The second-order valence-corrected chi connectivity index (χ2v) is 23.4. The summed E-state index contributed by atoms with van der Waals surface area (Å²) < 4.78 is 56.6. The summed E-state index contributed by atoms with van der Waals surface area (Å²) in [6.45, 7) is 19.5. The van der Waals surface area contributed by atoms with Crippen molar-refractivity contribution in [2.75, 3.05) is 39.6 Å². The van der Waals surface area contributed by atoms with Crippen LogP contribution in [0.5, 0.6) is 11.5 Å². The van der Waals surface area contributed by atoms with Crippen LogP contribution in [0.3, 0.4) is 0 Å². The maximum atomic E-state index is 13.8. The van der Waals surface area contributed by atoms with E-state index in [1.54, 1.807) is 0 Å². The molecule has 0 saturated heterocycles. The number of thioether (sulfide) groups is 2. The third-order valence-electron chi connectivity index (χ3n) is 15.3. The average Bonchev–Trinajstić information content (AvgIpc) is 4.16. The Labute approximate surface area is 489 Å². The van der Waals surface area contributed by atoms with E-state index in [-0.39, 0.29) is 82.8 Å². The molecule has 82 heavy (non-hydrogen) atoms. The van der Waals surface area contributed by atoms with Gasteiger partial charge in [0, 0.05) is 31.4 Å². The summed E-state index contributed by atoms with van der Waals surface area (Å²) in [7, 11) is 0. The highest BCUT2D eigenvalue weighted by atomic mass is 32.2. The van der Waals surface area contributed by atoms with E-state index in [9.17, 15) is 38.4 Å². The minimum absolute atomic E-state index is 0.105. The highest BCUT2D eigenvalue weighted by Gasteiger charge is 2.38. The fourth-order valence-electron chi connectivity index (χ4n) is 10.5. The molecule has 6 rings (SSSR count). The number of ether oxygens (including phenoxy) is 10. The molecule has 4 saturated carbocycles. The van der Waals surface area contributed by atoms with Gasteiger partial charge in [-0.15, -0.1) is 0 Å². The van der Waals surface area contributed by atoms with Crippen LogP contribution >= 0.6 is 23.5 Å². The Hall–Kier alpha value is -5.95. The molecule has 0 atom stereocenters. The maximum Gasteiger partial charge on any atom is 0.338 e. The molecule has 0 spiro atoms. The van der Waals surface area contributed by atoms with Crippen LogP contribution in [0.15, 0.2) is 69.8 Å². The van der Waals surface area contributed by atoms with E-state index in [0.29, 0.717) is 113 Å². The van der Waals surface area contributed by atoms with Crippen molar-refractivity contribution in [2.45, 2.75) is 188 Å². The molecule has 21 heteroatoms. The zero-order valence-electron chi connectivity index (χ0n) is 47.0. The average molecular weight is 1180 g/mol. The quantitative estimate of drug-likeness (QED) is 0.0168. The summed E-state index contributed by atoms with van der Waals surface area (Å²) in [5.74, 6) is -5.00. The van der Waals surface area contributed by atoms with Crippen molar-refractivity contribution in [1.29, 1.82) is 0 Å². The first kappa shape index (κ1) is 65.2. The van der Waals surface area contributed by atoms with Gasteiger partial charge in [0.05, 0.1) is 69.7 Å². The molecule has 19 nitrogen and oxygen atoms in total. The van der Waals surface area contributed by atoms with Gasteiger partial charge in [-0.25, -0.2) is 19.2 Å². The van der Waals surface area contributed by atoms with E-state index in [2.05, 4.69) is 24.6 Å². The maximum absolute atomic E-state index is 13.8. The summed E-state index contributed by atoms with van der Waals surface area (Å²) in [6, 6.07) is 3.04. The number of rotatable bonds is 31. The van der Waals surface area contributed by atoms with Crippen molar-refractivity contribution >= 4 is 71.3 Å². The Morgan fingerprint density at radius 1 is 0.439 bits per heavy atom. The standard InChI is InChI=1S/C61H79NO18S2/c1-5-50(63)73-36-14-10-8-12-34-71-44-24-16-40(17-25-44)56(66)77-46-28-20-42(21-29-46)58(68)79-48-32-33-49(55-54(48)81-61(82-55)53(62-4)60(70)76-39-38-75-52(65)7-3)80-59(69)43-22-30-47(31-23-43)78-57(67)41-18-26-45(27-19-41)72-35-13-9-11-15-37-74-51(64)6-2/h5-7,32-33,40-47H,1-3,8-31,34-39H2.